The Morgan fingerprint density at radius 1 is 1.54 bits per heavy atom. The number of amides is 1. The van der Waals surface area contributed by atoms with Gasteiger partial charge in [0.1, 0.15) is 6.04 Å². The van der Waals surface area contributed by atoms with Crippen LogP contribution in [-0.2, 0) is 14.3 Å². The highest BCUT2D eigenvalue weighted by Crippen LogP contribution is 2.04. The number of rotatable bonds is 1. The second-order valence-electron chi connectivity index (χ2n) is 2.96. The van der Waals surface area contributed by atoms with Gasteiger partial charge < -0.3 is 15.0 Å². The van der Waals surface area contributed by atoms with Gasteiger partial charge in [0.2, 0.25) is 5.91 Å². The monoisotopic (exact) mass is 186 g/mol. The highest BCUT2D eigenvalue weighted by atomic mass is 16.5. The summed E-state index contributed by atoms with van der Waals surface area (Å²) in [6.45, 7) is 3.23. The van der Waals surface area contributed by atoms with Crippen molar-refractivity contribution in [3.05, 3.63) is 0 Å². The van der Waals surface area contributed by atoms with Gasteiger partial charge in [-0.2, -0.15) is 0 Å². The molecule has 1 saturated heterocycles. The van der Waals surface area contributed by atoms with Gasteiger partial charge in [-0.25, -0.2) is 4.79 Å². The van der Waals surface area contributed by atoms with Crippen LogP contribution >= 0.6 is 0 Å². The van der Waals surface area contributed by atoms with Crippen molar-refractivity contribution in [2.24, 2.45) is 0 Å². The second kappa shape index (κ2) is 4.23. The Hall–Kier alpha value is -1.10. The third-order valence-corrected chi connectivity index (χ3v) is 2.12. The van der Waals surface area contributed by atoms with Crippen molar-refractivity contribution in [1.82, 2.24) is 10.2 Å². The van der Waals surface area contributed by atoms with E-state index in [0.29, 0.717) is 13.1 Å². The fourth-order valence-corrected chi connectivity index (χ4v) is 1.43. The van der Waals surface area contributed by atoms with Crippen LogP contribution in [0.15, 0.2) is 0 Å². The van der Waals surface area contributed by atoms with Crippen molar-refractivity contribution in [1.29, 1.82) is 0 Å². The van der Waals surface area contributed by atoms with Gasteiger partial charge in [0, 0.05) is 26.6 Å². The van der Waals surface area contributed by atoms with Gasteiger partial charge in [-0.15, -0.1) is 0 Å². The molecule has 0 bridgehead atoms. The molecule has 1 heterocycles. The van der Waals surface area contributed by atoms with Gasteiger partial charge in [-0.1, -0.05) is 0 Å². The molecule has 1 amide bonds. The summed E-state index contributed by atoms with van der Waals surface area (Å²) in [6.07, 6.45) is 0. The van der Waals surface area contributed by atoms with Crippen LogP contribution in [0.25, 0.3) is 0 Å². The molecule has 0 unspecified atom stereocenters. The topological polar surface area (TPSA) is 58.6 Å². The Morgan fingerprint density at radius 2 is 2.23 bits per heavy atom. The van der Waals surface area contributed by atoms with Crippen LogP contribution in [0.5, 0.6) is 0 Å². The SMILES string of the molecule is COC(=O)[C@H]1CNCCN1C(C)=O. The van der Waals surface area contributed by atoms with Gasteiger partial charge in [-0.3, -0.25) is 4.79 Å². The van der Waals surface area contributed by atoms with E-state index in [2.05, 4.69) is 10.1 Å². The molecule has 1 atom stereocenters. The van der Waals surface area contributed by atoms with Crippen molar-refractivity contribution < 1.29 is 14.3 Å². The third-order valence-electron chi connectivity index (χ3n) is 2.12. The summed E-state index contributed by atoms with van der Waals surface area (Å²) in [6, 6.07) is -0.462. The van der Waals surface area contributed by atoms with Crippen LogP contribution in [0.3, 0.4) is 0 Å². The molecule has 0 saturated carbocycles. The first-order chi connectivity index (χ1) is 6.16. The van der Waals surface area contributed by atoms with Crippen LogP contribution in [0.2, 0.25) is 0 Å². The summed E-state index contributed by atoms with van der Waals surface area (Å²) in [5, 5.41) is 3.04. The lowest BCUT2D eigenvalue weighted by Gasteiger charge is -2.33. The standard InChI is InChI=1S/C8H14N2O3/c1-6(11)10-4-3-9-5-7(10)8(12)13-2/h7,9H,3-5H2,1-2H3/t7-/m1/s1. The zero-order chi connectivity index (χ0) is 9.84. The van der Waals surface area contributed by atoms with E-state index in [1.807, 2.05) is 0 Å². The van der Waals surface area contributed by atoms with Crippen molar-refractivity contribution in [2.45, 2.75) is 13.0 Å². The largest absolute Gasteiger partial charge is 0.467 e. The average molecular weight is 186 g/mol. The molecule has 13 heavy (non-hydrogen) atoms. The van der Waals surface area contributed by atoms with Crippen LogP contribution in [0.1, 0.15) is 6.92 Å². The molecule has 1 aliphatic heterocycles. The van der Waals surface area contributed by atoms with E-state index >= 15 is 0 Å². The summed E-state index contributed by atoms with van der Waals surface area (Å²) in [5.41, 5.74) is 0. The number of carbonyl (C=O) groups excluding carboxylic acids is 2. The molecule has 1 aliphatic rings. The Bertz CT molecular complexity index is 217. The molecular weight excluding hydrogens is 172 g/mol. The molecule has 74 valence electrons. The fourth-order valence-electron chi connectivity index (χ4n) is 1.43. The van der Waals surface area contributed by atoms with E-state index in [-0.39, 0.29) is 11.9 Å². The number of carbonyl (C=O) groups is 2. The molecule has 0 spiro atoms. The summed E-state index contributed by atoms with van der Waals surface area (Å²) >= 11 is 0. The highest BCUT2D eigenvalue weighted by molar-refractivity contribution is 5.83. The van der Waals surface area contributed by atoms with Crippen LogP contribution in [-0.4, -0.2) is 49.6 Å². The number of esters is 1. The summed E-state index contributed by atoms with van der Waals surface area (Å²) in [5.74, 6) is -0.445. The van der Waals surface area contributed by atoms with Crippen LogP contribution in [0.4, 0.5) is 0 Å². The zero-order valence-corrected chi connectivity index (χ0v) is 7.87. The zero-order valence-electron chi connectivity index (χ0n) is 7.87. The number of nitrogens with one attached hydrogen (secondary N) is 1. The molecule has 0 aromatic rings. The molecule has 5 nitrogen and oxygen atoms in total. The maximum Gasteiger partial charge on any atom is 0.329 e. The quantitative estimate of drug-likeness (QED) is 0.532. The number of hydrogen-bond acceptors (Lipinski definition) is 4. The van der Waals surface area contributed by atoms with Crippen molar-refractivity contribution in [2.75, 3.05) is 26.7 Å². The summed E-state index contributed by atoms with van der Waals surface area (Å²) < 4.78 is 4.60. The lowest BCUT2D eigenvalue weighted by molar-refractivity contribution is -0.153. The minimum Gasteiger partial charge on any atom is -0.467 e. The maximum absolute atomic E-state index is 11.2. The van der Waals surface area contributed by atoms with Gasteiger partial charge in [0.05, 0.1) is 7.11 Å². The Labute approximate surface area is 77.0 Å². The number of ether oxygens (including phenoxy) is 1. The molecule has 0 aliphatic carbocycles. The van der Waals surface area contributed by atoms with E-state index in [9.17, 15) is 9.59 Å². The van der Waals surface area contributed by atoms with Crippen LogP contribution < -0.4 is 5.32 Å². The fraction of sp³-hybridized carbons (Fsp3) is 0.750. The van der Waals surface area contributed by atoms with Gasteiger partial charge in [0.25, 0.3) is 0 Å². The number of nitrogens with zero attached hydrogens (tertiary/aromatic N) is 1. The molecule has 1 fully saturated rings. The minimum absolute atomic E-state index is 0.0862. The Kier molecular flexibility index (Phi) is 3.25. The molecule has 0 radical (unpaired) electrons. The average Bonchev–Trinajstić information content (AvgIpc) is 2.16. The lowest BCUT2D eigenvalue weighted by atomic mass is 10.2. The van der Waals surface area contributed by atoms with Crippen molar-refractivity contribution in [3.8, 4) is 0 Å². The summed E-state index contributed by atoms with van der Waals surface area (Å²) in [7, 11) is 1.33. The minimum atomic E-state index is -0.462. The molecule has 0 aromatic heterocycles. The predicted molar refractivity (Wildman–Crippen MR) is 46.1 cm³/mol. The van der Waals surface area contributed by atoms with Gasteiger partial charge in [0.15, 0.2) is 0 Å². The highest BCUT2D eigenvalue weighted by Gasteiger charge is 2.30. The molecular formula is C8H14N2O3. The van der Waals surface area contributed by atoms with E-state index in [4.69, 9.17) is 0 Å². The van der Waals surface area contributed by atoms with Crippen molar-refractivity contribution in [3.63, 3.8) is 0 Å². The number of methoxy groups -OCH3 is 1. The molecule has 5 heteroatoms. The first kappa shape index (κ1) is 9.98. The number of piperazine rings is 1. The van der Waals surface area contributed by atoms with Crippen LogP contribution in [0, 0.1) is 0 Å². The smallest absolute Gasteiger partial charge is 0.329 e. The van der Waals surface area contributed by atoms with E-state index in [1.165, 1.54) is 18.9 Å². The first-order valence-corrected chi connectivity index (χ1v) is 4.22. The molecule has 1 rings (SSSR count). The summed E-state index contributed by atoms with van der Waals surface area (Å²) in [4.78, 5) is 23.9. The predicted octanol–water partition coefficient (Wildman–Crippen LogP) is -1.02. The first-order valence-electron chi connectivity index (χ1n) is 4.22. The van der Waals surface area contributed by atoms with Gasteiger partial charge in [-0.05, 0) is 0 Å². The third kappa shape index (κ3) is 2.18. The van der Waals surface area contributed by atoms with E-state index < -0.39 is 6.04 Å². The second-order valence-corrected chi connectivity index (χ2v) is 2.96. The number of hydrogen-bond donors (Lipinski definition) is 1. The Balaban J connectivity index is 2.67. The Morgan fingerprint density at radius 3 is 2.77 bits per heavy atom. The molecule has 1 N–H and O–H groups in total. The molecule has 0 aromatic carbocycles. The van der Waals surface area contributed by atoms with E-state index in [0.717, 1.165) is 6.54 Å². The lowest BCUT2D eigenvalue weighted by Crippen LogP contribution is -2.56. The normalized spacial score (nSPS) is 22.6. The van der Waals surface area contributed by atoms with E-state index in [1.54, 1.807) is 0 Å². The van der Waals surface area contributed by atoms with Crippen molar-refractivity contribution >= 4 is 11.9 Å². The van der Waals surface area contributed by atoms with Gasteiger partial charge >= 0.3 is 5.97 Å². The maximum atomic E-state index is 11.2.